The van der Waals surface area contributed by atoms with Crippen molar-refractivity contribution in [3.05, 3.63) is 46.0 Å². The van der Waals surface area contributed by atoms with Crippen molar-refractivity contribution in [3.63, 3.8) is 0 Å². The van der Waals surface area contributed by atoms with Crippen molar-refractivity contribution in [2.45, 2.75) is 26.4 Å². The van der Waals surface area contributed by atoms with Crippen molar-refractivity contribution in [2.75, 3.05) is 0 Å². The topological polar surface area (TPSA) is 12.0 Å². The van der Waals surface area contributed by atoms with Crippen LogP contribution in [0.25, 0.3) is 10.4 Å². The van der Waals surface area contributed by atoms with E-state index in [1.54, 1.807) is 18.2 Å². The predicted molar refractivity (Wildman–Crippen MR) is 76.7 cm³/mol. The smallest absolute Gasteiger partial charge is 0.132 e. The molecule has 0 aliphatic rings. The fourth-order valence-corrected chi connectivity index (χ4v) is 2.85. The van der Waals surface area contributed by atoms with Crippen LogP contribution in [-0.2, 0) is 6.54 Å². The Kier molecular flexibility index (Phi) is 4.38. The van der Waals surface area contributed by atoms with Crippen molar-refractivity contribution < 1.29 is 4.39 Å². The molecule has 2 rings (SSSR count). The van der Waals surface area contributed by atoms with Gasteiger partial charge in [0.1, 0.15) is 5.82 Å². The van der Waals surface area contributed by atoms with E-state index >= 15 is 0 Å². The van der Waals surface area contributed by atoms with E-state index in [0.717, 1.165) is 10.4 Å². The molecule has 1 aromatic carbocycles. The second-order valence-electron chi connectivity index (χ2n) is 4.45. The second-order valence-corrected chi connectivity index (χ2v) is 5.77. The van der Waals surface area contributed by atoms with Crippen LogP contribution in [0, 0.1) is 5.82 Å². The number of hydrogen-bond acceptors (Lipinski definition) is 2. The van der Waals surface area contributed by atoms with Gasteiger partial charge in [-0.2, -0.15) is 0 Å². The molecule has 1 heterocycles. The third-order valence-electron chi connectivity index (χ3n) is 2.61. The van der Waals surface area contributed by atoms with E-state index in [-0.39, 0.29) is 5.82 Å². The first kappa shape index (κ1) is 13.5. The highest BCUT2D eigenvalue weighted by Crippen LogP contribution is 2.34. The molecule has 0 atom stereocenters. The van der Waals surface area contributed by atoms with Crippen LogP contribution in [0.1, 0.15) is 19.4 Å². The summed E-state index contributed by atoms with van der Waals surface area (Å²) in [4.78, 5) is 0.789. The molecule has 0 aliphatic carbocycles. The van der Waals surface area contributed by atoms with Gasteiger partial charge in [-0.15, -0.1) is 11.3 Å². The lowest BCUT2D eigenvalue weighted by atomic mass is 10.1. The van der Waals surface area contributed by atoms with Crippen molar-refractivity contribution in [1.29, 1.82) is 0 Å². The number of halogens is 2. The van der Waals surface area contributed by atoms with Crippen LogP contribution in [0.5, 0.6) is 0 Å². The van der Waals surface area contributed by atoms with Gasteiger partial charge in [-0.1, -0.05) is 37.6 Å². The fraction of sp³-hybridized carbons (Fsp3) is 0.286. The third kappa shape index (κ3) is 3.10. The molecule has 0 fully saturated rings. The largest absolute Gasteiger partial charge is 0.310 e. The van der Waals surface area contributed by atoms with Crippen molar-refractivity contribution in [1.82, 2.24) is 5.32 Å². The first-order valence-electron chi connectivity index (χ1n) is 5.83. The van der Waals surface area contributed by atoms with Crippen LogP contribution < -0.4 is 5.32 Å². The van der Waals surface area contributed by atoms with Crippen LogP contribution in [0.3, 0.4) is 0 Å². The monoisotopic (exact) mass is 283 g/mol. The minimum Gasteiger partial charge on any atom is -0.310 e. The maximum atomic E-state index is 14.0. The highest BCUT2D eigenvalue weighted by atomic mass is 35.5. The summed E-state index contributed by atoms with van der Waals surface area (Å²) in [5.41, 5.74) is 1.51. The summed E-state index contributed by atoms with van der Waals surface area (Å²) in [6.07, 6.45) is 0. The Morgan fingerprint density at radius 3 is 2.67 bits per heavy atom. The molecule has 96 valence electrons. The van der Waals surface area contributed by atoms with E-state index < -0.39 is 0 Å². The minimum absolute atomic E-state index is 0.220. The summed E-state index contributed by atoms with van der Waals surface area (Å²) in [6.45, 7) is 4.80. The Bertz CT molecular complexity index is 536. The van der Waals surface area contributed by atoms with Gasteiger partial charge in [-0.05, 0) is 23.1 Å². The SMILES string of the molecule is CC(C)NCc1ccc(-c2sccc2Cl)c(F)c1. The standard InChI is InChI=1S/C14H15ClFNS/c1-9(2)17-8-10-3-4-11(13(16)7-10)14-12(15)5-6-18-14/h3-7,9,17H,8H2,1-2H3. The van der Waals surface area contributed by atoms with Gasteiger partial charge in [-0.25, -0.2) is 4.39 Å². The van der Waals surface area contributed by atoms with Gasteiger partial charge >= 0.3 is 0 Å². The zero-order valence-corrected chi connectivity index (χ0v) is 11.9. The Balaban J connectivity index is 2.23. The molecule has 18 heavy (non-hydrogen) atoms. The molecule has 0 spiro atoms. The molecular formula is C14H15ClFNS. The Morgan fingerprint density at radius 1 is 1.33 bits per heavy atom. The summed E-state index contributed by atoms with van der Waals surface area (Å²) in [5, 5.41) is 5.73. The number of benzene rings is 1. The number of rotatable bonds is 4. The summed E-state index contributed by atoms with van der Waals surface area (Å²) < 4.78 is 14.0. The molecule has 1 aromatic heterocycles. The number of nitrogens with one attached hydrogen (secondary N) is 1. The lowest BCUT2D eigenvalue weighted by Crippen LogP contribution is -2.21. The molecule has 1 nitrogen and oxygen atoms in total. The van der Waals surface area contributed by atoms with Gasteiger partial charge in [0.05, 0.1) is 9.90 Å². The lowest BCUT2D eigenvalue weighted by Gasteiger charge is -2.09. The number of hydrogen-bond donors (Lipinski definition) is 1. The molecule has 0 bridgehead atoms. The summed E-state index contributed by atoms with van der Waals surface area (Å²) in [5.74, 6) is -0.220. The summed E-state index contributed by atoms with van der Waals surface area (Å²) >= 11 is 7.47. The summed E-state index contributed by atoms with van der Waals surface area (Å²) in [7, 11) is 0. The van der Waals surface area contributed by atoms with E-state index in [9.17, 15) is 4.39 Å². The zero-order valence-electron chi connectivity index (χ0n) is 10.3. The van der Waals surface area contributed by atoms with E-state index in [4.69, 9.17) is 11.6 Å². The number of thiophene rings is 1. The van der Waals surface area contributed by atoms with Gasteiger partial charge in [-0.3, -0.25) is 0 Å². The Hall–Kier alpha value is -0.900. The van der Waals surface area contributed by atoms with Gasteiger partial charge in [0.2, 0.25) is 0 Å². The first-order chi connectivity index (χ1) is 8.58. The van der Waals surface area contributed by atoms with Crippen molar-refractivity contribution in [2.24, 2.45) is 0 Å². The van der Waals surface area contributed by atoms with E-state index in [1.165, 1.54) is 11.3 Å². The Labute approximate surface area is 116 Å². The van der Waals surface area contributed by atoms with Gasteiger partial charge < -0.3 is 5.32 Å². The highest BCUT2D eigenvalue weighted by molar-refractivity contribution is 7.14. The van der Waals surface area contributed by atoms with Crippen molar-refractivity contribution in [3.8, 4) is 10.4 Å². The first-order valence-corrected chi connectivity index (χ1v) is 7.09. The molecule has 1 N–H and O–H groups in total. The predicted octanol–water partition coefficient (Wildman–Crippen LogP) is 4.71. The van der Waals surface area contributed by atoms with E-state index in [2.05, 4.69) is 19.2 Å². The van der Waals surface area contributed by atoms with Crippen LogP contribution in [0.2, 0.25) is 5.02 Å². The van der Waals surface area contributed by atoms with Crippen molar-refractivity contribution >= 4 is 22.9 Å². The van der Waals surface area contributed by atoms with E-state index in [0.29, 0.717) is 23.2 Å². The minimum atomic E-state index is -0.220. The Morgan fingerprint density at radius 2 is 2.11 bits per heavy atom. The summed E-state index contributed by atoms with van der Waals surface area (Å²) in [6, 6.07) is 7.48. The quantitative estimate of drug-likeness (QED) is 0.857. The lowest BCUT2D eigenvalue weighted by molar-refractivity contribution is 0.582. The van der Waals surface area contributed by atoms with E-state index in [1.807, 2.05) is 11.4 Å². The van der Waals surface area contributed by atoms with Crippen LogP contribution >= 0.6 is 22.9 Å². The average Bonchev–Trinajstić information content (AvgIpc) is 2.73. The fourth-order valence-electron chi connectivity index (χ4n) is 1.66. The van der Waals surface area contributed by atoms with Crippen LogP contribution in [0.15, 0.2) is 29.6 Å². The second kappa shape index (κ2) is 5.83. The third-order valence-corrected chi connectivity index (χ3v) is 3.98. The van der Waals surface area contributed by atoms with Gasteiger partial charge in [0, 0.05) is 18.2 Å². The molecular weight excluding hydrogens is 269 g/mol. The van der Waals surface area contributed by atoms with Gasteiger partial charge in [0.25, 0.3) is 0 Å². The molecule has 0 amide bonds. The molecule has 0 saturated carbocycles. The molecule has 4 heteroatoms. The maximum absolute atomic E-state index is 14.0. The average molecular weight is 284 g/mol. The zero-order chi connectivity index (χ0) is 13.1. The van der Waals surface area contributed by atoms with Gasteiger partial charge in [0.15, 0.2) is 0 Å². The maximum Gasteiger partial charge on any atom is 0.132 e. The normalized spacial score (nSPS) is 11.2. The van der Waals surface area contributed by atoms with Crippen LogP contribution in [-0.4, -0.2) is 6.04 Å². The molecule has 2 aromatic rings. The molecule has 0 radical (unpaired) electrons. The molecule has 0 unspecified atom stereocenters. The molecule has 0 saturated heterocycles. The molecule has 0 aliphatic heterocycles. The van der Waals surface area contributed by atoms with Crippen LogP contribution in [0.4, 0.5) is 4.39 Å². The highest BCUT2D eigenvalue weighted by Gasteiger charge is 2.10.